The highest BCUT2D eigenvalue weighted by Crippen LogP contribution is 2.43. The molecule has 2 aromatic carbocycles. The summed E-state index contributed by atoms with van der Waals surface area (Å²) in [4.78, 5) is 22.8. The predicted molar refractivity (Wildman–Crippen MR) is 142 cm³/mol. The Bertz CT molecular complexity index is 1650. The highest BCUT2D eigenvalue weighted by molar-refractivity contribution is 7.23. The number of nitrogen functional groups attached to an aromatic ring is 2. The Morgan fingerprint density at radius 3 is 2.60 bits per heavy atom. The van der Waals surface area contributed by atoms with Gasteiger partial charge in [-0.2, -0.15) is 5.26 Å². The first-order valence-electron chi connectivity index (χ1n) is 10.7. The van der Waals surface area contributed by atoms with Gasteiger partial charge >= 0.3 is 0 Å². The van der Waals surface area contributed by atoms with Gasteiger partial charge in [0.1, 0.15) is 32.9 Å². The van der Waals surface area contributed by atoms with Crippen molar-refractivity contribution in [2.24, 2.45) is 0 Å². The first-order valence-corrected chi connectivity index (χ1v) is 12.3. The summed E-state index contributed by atoms with van der Waals surface area (Å²) in [7, 11) is 1.60. The Morgan fingerprint density at radius 2 is 1.91 bits per heavy atom. The second-order valence-corrected chi connectivity index (χ2v) is 9.77. The van der Waals surface area contributed by atoms with E-state index < -0.39 is 5.91 Å². The Labute approximate surface area is 208 Å². The van der Waals surface area contributed by atoms with Gasteiger partial charge in [0.2, 0.25) is 0 Å². The molecule has 3 heterocycles. The van der Waals surface area contributed by atoms with Gasteiger partial charge in [0.25, 0.3) is 5.91 Å². The summed E-state index contributed by atoms with van der Waals surface area (Å²) in [5.74, 6) is 0.410. The van der Waals surface area contributed by atoms with E-state index >= 15 is 0 Å². The third kappa shape index (κ3) is 3.90. The van der Waals surface area contributed by atoms with E-state index in [2.05, 4.69) is 28.3 Å². The van der Waals surface area contributed by atoms with Crippen molar-refractivity contribution in [1.82, 2.24) is 9.97 Å². The number of thiophene rings is 1. The number of anilines is 3. The lowest BCUT2D eigenvalue weighted by molar-refractivity contribution is 0.103. The number of amides is 1. The molecule has 0 bridgehead atoms. The predicted octanol–water partition coefficient (Wildman–Crippen LogP) is 5.43. The van der Waals surface area contributed by atoms with Crippen molar-refractivity contribution in [3.8, 4) is 22.9 Å². The molecule has 5 rings (SSSR count). The number of hydrogen-bond donors (Lipinski definition) is 3. The summed E-state index contributed by atoms with van der Waals surface area (Å²) in [5, 5.41) is 13.7. The number of hydrogen-bond acceptors (Lipinski definition) is 9. The van der Waals surface area contributed by atoms with Crippen LogP contribution < -0.4 is 21.5 Å². The molecule has 5 N–H and O–H groups in total. The molecule has 0 radical (unpaired) electrons. The lowest BCUT2D eigenvalue weighted by Gasteiger charge is -2.10. The van der Waals surface area contributed by atoms with Gasteiger partial charge in [-0.1, -0.05) is 42.5 Å². The first-order chi connectivity index (χ1) is 16.9. The molecule has 0 atom stereocenters. The third-order valence-corrected chi connectivity index (χ3v) is 7.72. The maximum absolute atomic E-state index is 13.2. The number of nitriles is 1. The van der Waals surface area contributed by atoms with Crippen LogP contribution in [-0.2, 0) is 6.42 Å². The Hall–Kier alpha value is -4.20. The second kappa shape index (κ2) is 8.87. The lowest BCUT2D eigenvalue weighted by Crippen LogP contribution is -2.11. The molecule has 0 saturated heterocycles. The Morgan fingerprint density at radius 1 is 1.14 bits per heavy atom. The normalized spacial score (nSPS) is 11.0. The number of nitrogens with two attached hydrogens (primary N) is 2. The number of pyridine rings is 1. The SMILES string of the molecule is CCc1ccc(-c2c(C#N)c(N)nc3sc(C(=O)Nc4nc5ccc(OC)cc5s4)c(N)c23)cc1. The minimum absolute atomic E-state index is 0.0999. The van der Waals surface area contributed by atoms with E-state index in [1.807, 2.05) is 42.5 Å². The van der Waals surface area contributed by atoms with E-state index in [1.54, 1.807) is 7.11 Å². The monoisotopic (exact) mass is 500 g/mol. The van der Waals surface area contributed by atoms with Crippen molar-refractivity contribution in [3.63, 3.8) is 0 Å². The maximum atomic E-state index is 13.2. The van der Waals surface area contributed by atoms with E-state index in [9.17, 15) is 10.1 Å². The minimum atomic E-state index is -0.402. The van der Waals surface area contributed by atoms with Crippen molar-refractivity contribution in [2.45, 2.75) is 13.3 Å². The van der Waals surface area contributed by atoms with Crippen LogP contribution in [-0.4, -0.2) is 23.0 Å². The van der Waals surface area contributed by atoms with Crippen LogP contribution in [0.1, 0.15) is 27.7 Å². The van der Waals surface area contributed by atoms with Crippen LogP contribution in [0.5, 0.6) is 5.75 Å². The van der Waals surface area contributed by atoms with Gasteiger partial charge in [-0.05, 0) is 35.7 Å². The van der Waals surface area contributed by atoms with Crippen LogP contribution >= 0.6 is 22.7 Å². The number of fused-ring (bicyclic) bond motifs is 2. The number of methoxy groups -OCH3 is 1. The van der Waals surface area contributed by atoms with E-state index in [0.717, 1.165) is 39.1 Å². The van der Waals surface area contributed by atoms with Crippen molar-refractivity contribution < 1.29 is 9.53 Å². The Balaban J connectivity index is 1.59. The molecular weight excluding hydrogens is 480 g/mol. The smallest absolute Gasteiger partial charge is 0.269 e. The molecule has 8 nitrogen and oxygen atoms in total. The van der Waals surface area contributed by atoms with Crippen LogP contribution in [0.15, 0.2) is 42.5 Å². The summed E-state index contributed by atoms with van der Waals surface area (Å²) in [5.41, 5.74) is 16.4. The van der Waals surface area contributed by atoms with E-state index in [-0.39, 0.29) is 21.9 Å². The number of carbonyl (C=O) groups excluding carboxylic acids is 1. The second-order valence-electron chi connectivity index (χ2n) is 7.74. The molecule has 3 aromatic heterocycles. The van der Waals surface area contributed by atoms with Gasteiger partial charge in [-0.25, -0.2) is 9.97 Å². The number of benzene rings is 2. The molecule has 0 saturated carbocycles. The zero-order chi connectivity index (χ0) is 24.7. The van der Waals surface area contributed by atoms with Gasteiger partial charge in [0.15, 0.2) is 5.13 Å². The Kier molecular flexibility index (Phi) is 5.72. The fourth-order valence-corrected chi connectivity index (χ4v) is 5.78. The van der Waals surface area contributed by atoms with Crippen LogP contribution in [0.4, 0.5) is 16.6 Å². The van der Waals surface area contributed by atoms with Gasteiger partial charge in [-0.3, -0.25) is 10.1 Å². The van der Waals surface area contributed by atoms with Gasteiger partial charge in [-0.15, -0.1) is 11.3 Å². The van der Waals surface area contributed by atoms with Crippen LogP contribution in [0.3, 0.4) is 0 Å². The number of ether oxygens (including phenoxy) is 1. The fraction of sp³-hybridized carbons (Fsp3) is 0.120. The average molecular weight is 501 g/mol. The number of rotatable bonds is 5. The summed E-state index contributed by atoms with van der Waals surface area (Å²) in [6.07, 6.45) is 0.892. The van der Waals surface area contributed by atoms with Gasteiger partial charge in [0, 0.05) is 10.9 Å². The molecule has 0 unspecified atom stereocenters. The van der Waals surface area contributed by atoms with Crippen LogP contribution in [0.25, 0.3) is 31.6 Å². The quantitative estimate of drug-likeness (QED) is 0.292. The number of carbonyl (C=O) groups is 1. The molecule has 1 amide bonds. The van der Waals surface area contributed by atoms with Crippen molar-refractivity contribution in [1.29, 1.82) is 5.26 Å². The highest BCUT2D eigenvalue weighted by Gasteiger charge is 2.25. The standard InChI is InChI=1S/C25H20N6O2S2/c1-3-12-4-6-13(7-5-12)18-15(11-26)22(28)30-24-19(18)20(27)21(35-24)23(32)31-25-29-16-9-8-14(33-2)10-17(16)34-25/h4-10H,3,27H2,1-2H3,(H2,28,30)(H,29,31,32). The summed E-state index contributed by atoms with van der Waals surface area (Å²) < 4.78 is 6.14. The molecule has 10 heteroatoms. The molecule has 0 aliphatic rings. The van der Waals surface area contributed by atoms with E-state index in [0.29, 0.717) is 26.7 Å². The van der Waals surface area contributed by atoms with Crippen molar-refractivity contribution >= 4 is 65.7 Å². The van der Waals surface area contributed by atoms with Crippen LogP contribution in [0, 0.1) is 11.3 Å². The molecule has 35 heavy (non-hydrogen) atoms. The molecule has 0 spiro atoms. The van der Waals surface area contributed by atoms with E-state index in [1.165, 1.54) is 11.3 Å². The molecule has 174 valence electrons. The molecule has 0 aliphatic carbocycles. The van der Waals surface area contributed by atoms with Gasteiger partial charge in [0.05, 0.1) is 23.0 Å². The molecule has 0 fully saturated rings. The summed E-state index contributed by atoms with van der Waals surface area (Å²) in [6, 6.07) is 15.5. The minimum Gasteiger partial charge on any atom is -0.497 e. The van der Waals surface area contributed by atoms with Gasteiger partial charge < -0.3 is 16.2 Å². The van der Waals surface area contributed by atoms with E-state index in [4.69, 9.17) is 16.2 Å². The largest absolute Gasteiger partial charge is 0.497 e. The number of nitrogens with zero attached hydrogens (tertiary/aromatic N) is 3. The fourth-order valence-electron chi connectivity index (χ4n) is 3.89. The maximum Gasteiger partial charge on any atom is 0.269 e. The number of nitrogens with one attached hydrogen (secondary N) is 1. The van der Waals surface area contributed by atoms with Crippen molar-refractivity contribution in [3.05, 3.63) is 58.5 Å². The third-order valence-electron chi connectivity index (χ3n) is 5.69. The first kappa shape index (κ1) is 22.6. The molecule has 0 aliphatic heterocycles. The van der Waals surface area contributed by atoms with Crippen molar-refractivity contribution in [2.75, 3.05) is 23.9 Å². The number of aryl methyl sites for hydroxylation is 1. The average Bonchev–Trinajstić information content (AvgIpc) is 3.42. The summed E-state index contributed by atoms with van der Waals surface area (Å²) >= 11 is 2.47. The molecular formula is C25H20N6O2S2. The zero-order valence-corrected chi connectivity index (χ0v) is 20.5. The number of thiazole rings is 1. The van der Waals surface area contributed by atoms with Crippen LogP contribution in [0.2, 0.25) is 0 Å². The molecule has 5 aromatic rings. The topological polar surface area (TPSA) is 140 Å². The lowest BCUT2D eigenvalue weighted by atomic mass is 9.96. The highest BCUT2D eigenvalue weighted by atomic mass is 32.1. The number of aromatic nitrogens is 2. The zero-order valence-electron chi connectivity index (χ0n) is 18.9. The summed E-state index contributed by atoms with van der Waals surface area (Å²) in [6.45, 7) is 2.07.